The standard InChI is InChI=1S/C14H27NO2/c1-11(9-10-14(16)17)15-12(2)13-7-5-3-4-6-8-13/h11-13,15H,3-10H2,1-2H3,(H,16,17)/t11?,12-/m0/s1. The van der Waals surface area contributed by atoms with Gasteiger partial charge in [0, 0.05) is 18.5 Å². The van der Waals surface area contributed by atoms with Gasteiger partial charge in [-0.2, -0.15) is 0 Å². The average molecular weight is 241 g/mol. The molecule has 0 aromatic rings. The normalized spacial score (nSPS) is 21.8. The Hall–Kier alpha value is -0.570. The summed E-state index contributed by atoms with van der Waals surface area (Å²) < 4.78 is 0. The van der Waals surface area contributed by atoms with Crippen molar-refractivity contribution < 1.29 is 9.90 Å². The molecule has 0 amide bonds. The lowest BCUT2D eigenvalue weighted by molar-refractivity contribution is -0.137. The van der Waals surface area contributed by atoms with E-state index in [0.29, 0.717) is 12.1 Å². The molecule has 1 aliphatic rings. The van der Waals surface area contributed by atoms with Gasteiger partial charge < -0.3 is 10.4 Å². The lowest BCUT2D eigenvalue weighted by atomic mass is 9.92. The van der Waals surface area contributed by atoms with Gasteiger partial charge in [0.2, 0.25) is 0 Å². The summed E-state index contributed by atoms with van der Waals surface area (Å²) >= 11 is 0. The number of nitrogens with one attached hydrogen (secondary N) is 1. The molecule has 0 heterocycles. The van der Waals surface area contributed by atoms with Crippen LogP contribution in [0.15, 0.2) is 0 Å². The first kappa shape index (κ1) is 14.5. The number of carbonyl (C=O) groups is 1. The SMILES string of the molecule is CC(CCC(=O)O)N[C@@H](C)C1CCCCCC1. The highest BCUT2D eigenvalue weighted by atomic mass is 16.4. The fourth-order valence-corrected chi connectivity index (χ4v) is 2.82. The van der Waals surface area contributed by atoms with Crippen molar-refractivity contribution >= 4 is 5.97 Å². The Morgan fingerprint density at radius 3 is 2.35 bits per heavy atom. The van der Waals surface area contributed by atoms with Crippen molar-refractivity contribution in [3.8, 4) is 0 Å². The molecule has 0 bridgehead atoms. The van der Waals surface area contributed by atoms with Crippen LogP contribution in [0.3, 0.4) is 0 Å². The summed E-state index contributed by atoms with van der Waals surface area (Å²) in [6, 6.07) is 0.834. The second kappa shape index (κ2) is 7.70. The van der Waals surface area contributed by atoms with Crippen molar-refractivity contribution in [2.24, 2.45) is 5.92 Å². The maximum Gasteiger partial charge on any atom is 0.303 e. The van der Waals surface area contributed by atoms with Gasteiger partial charge in [0.05, 0.1) is 0 Å². The van der Waals surface area contributed by atoms with Gasteiger partial charge in [0.15, 0.2) is 0 Å². The molecule has 100 valence electrons. The van der Waals surface area contributed by atoms with Crippen LogP contribution in [0.1, 0.15) is 65.2 Å². The van der Waals surface area contributed by atoms with Crippen molar-refractivity contribution in [2.75, 3.05) is 0 Å². The molecule has 17 heavy (non-hydrogen) atoms. The molecule has 1 fully saturated rings. The highest BCUT2D eigenvalue weighted by molar-refractivity contribution is 5.66. The van der Waals surface area contributed by atoms with E-state index in [2.05, 4.69) is 19.2 Å². The molecule has 1 aliphatic carbocycles. The van der Waals surface area contributed by atoms with Gasteiger partial charge in [-0.15, -0.1) is 0 Å². The Kier molecular flexibility index (Phi) is 6.56. The van der Waals surface area contributed by atoms with Crippen LogP contribution in [-0.2, 0) is 4.79 Å². The van der Waals surface area contributed by atoms with Gasteiger partial charge in [-0.05, 0) is 39.0 Å². The zero-order valence-electron chi connectivity index (χ0n) is 11.2. The van der Waals surface area contributed by atoms with Crippen LogP contribution < -0.4 is 5.32 Å². The van der Waals surface area contributed by atoms with Gasteiger partial charge >= 0.3 is 5.97 Å². The molecule has 3 nitrogen and oxygen atoms in total. The van der Waals surface area contributed by atoms with E-state index in [0.717, 1.165) is 12.3 Å². The Morgan fingerprint density at radius 1 is 1.24 bits per heavy atom. The highest BCUT2D eigenvalue weighted by Gasteiger charge is 2.20. The predicted octanol–water partition coefficient (Wildman–Crippen LogP) is 3.19. The molecule has 0 radical (unpaired) electrons. The number of aliphatic carboxylic acids is 1. The van der Waals surface area contributed by atoms with E-state index in [4.69, 9.17) is 5.11 Å². The van der Waals surface area contributed by atoms with Crippen LogP contribution in [-0.4, -0.2) is 23.2 Å². The molecule has 2 N–H and O–H groups in total. The molecular formula is C14H27NO2. The zero-order valence-corrected chi connectivity index (χ0v) is 11.2. The average Bonchev–Trinajstić information content (AvgIpc) is 2.54. The summed E-state index contributed by atoms with van der Waals surface area (Å²) in [5.74, 6) is 0.0885. The maximum absolute atomic E-state index is 10.5. The Labute approximate surface area is 105 Å². The third-order valence-electron chi connectivity index (χ3n) is 3.95. The number of hydrogen-bond donors (Lipinski definition) is 2. The van der Waals surface area contributed by atoms with Crippen LogP contribution in [0.5, 0.6) is 0 Å². The highest BCUT2D eigenvalue weighted by Crippen LogP contribution is 2.25. The molecule has 0 aromatic carbocycles. The third kappa shape index (κ3) is 6.06. The van der Waals surface area contributed by atoms with Crippen LogP contribution in [0.4, 0.5) is 0 Å². The summed E-state index contributed by atoms with van der Waals surface area (Å²) in [6.45, 7) is 4.35. The minimum atomic E-state index is -0.694. The largest absolute Gasteiger partial charge is 0.481 e. The monoisotopic (exact) mass is 241 g/mol. The second-order valence-corrected chi connectivity index (χ2v) is 5.54. The number of rotatable bonds is 6. The lowest BCUT2D eigenvalue weighted by Gasteiger charge is -2.27. The third-order valence-corrected chi connectivity index (χ3v) is 3.95. The smallest absolute Gasteiger partial charge is 0.303 e. The number of carboxylic acid groups (broad SMARTS) is 1. The Bertz CT molecular complexity index is 222. The van der Waals surface area contributed by atoms with Gasteiger partial charge in [-0.3, -0.25) is 4.79 Å². The lowest BCUT2D eigenvalue weighted by Crippen LogP contribution is -2.39. The van der Waals surface area contributed by atoms with Gasteiger partial charge in [0.1, 0.15) is 0 Å². The summed E-state index contributed by atoms with van der Waals surface area (Å²) in [7, 11) is 0. The first-order valence-electron chi connectivity index (χ1n) is 7.07. The molecule has 0 aliphatic heterocycles. The quantitative estimate of drug-likeness (QED) is 0.702. The van der Waals surface area contributed by atoms with Crippen LogP contribution in [0.2, 0.25) is 0 Å². The van der Waals surface area contributed by atoms with Crippen molar-refractivity contribution in [2.45, 2.75) is 77.3 Å². The fourth-order valence-electron chi connectivity index (χ4n) is 2.82. The van der Waals surface area contributed by atoms with Crippen molar-refractivity contribution in [3.63, 3.8) is 0 Å². The minimum Gasteiger partial charge on any atom is -0.481 e. The van der Waals surface area contributed by atoms with Crippen molar-refractivity contribution in [3.05, 3.63) is 0 Å². The van der Waals surface area contributed by atoms with E-state index in [-0.39, 0.29) is 6.42 Å². The molecule has 0 aromatic heterocycles. The second-order valence-electron chi connectivity index (χ2n) is 5.54. The van der Waals surface area contributed by atoms with E-state index in [1.54, 1.807) is 0 Å². The molecule has 1 saturated carbocycles. The molecule has 0 spiro atoms. The van der Waals surface area contributed by atoms with E-state index in [9.17, 15) is 4.79 Å². The summed E-state index contributed by atoms with van der Waals surface area (Å²) in [4.78, 5) is 10.5. The van der Waals surface area contributed by atoms with Crippen molar-refractivity contribution in [1.29, 1.82) is 0 Å². The van der Waals surface area contributed by atoms with Gasteiger partial charge in [-0.25, -0.2) is 0 Å². The van der Waals surface area contributed by atoms with E-state index in [1.807, 2.05) is 0 Å². The van der Waals surface area contributed by atoms with Crippen molar-refractivity contribution in [1.82, 2.24) is 5.32 Å². The molecular weight excluding hydrogens is 214 g/mol. The summed E-state index contributed by atoms with van der Waals surface area (Å²) in [6.07, 6.45) is 9.16. The predicted molar refractivity (Wildman–Crippen MR) is 70.1 cm³/mol. The van der Waals surface area contributed by atoms with Gasteiger partial charge in [-0.1, -0.05) is 25.7 Å². The zero-order chi connectivity index (χ0) is 12.7. The van der Waals surface area contributed by atoms with E-state index >= 15 is 0 Å². The van der Waals surface area contributed by atoms with Gasteiger partial charge in [0.25, 0.3) is 0 Å². The van der Waals surface area contributed by atoms with Crippen LogP contribution >= 0.6 is 0 Å². The fraction of sp³-hybridized carbons (Fsp3) is 0.929. The van der Waals surface area contributed by atoms with E-state index < -0.39 is 5.97 Å². The van der Waals surface area contributed by atoms with E-state index in [1.165, 1.54) is 38.5 Å². The molecule has 0 saturated heterocycles. The van der Waals surface area contributed by atoms with Crippen LogP contribution in [0, 0.1) is 5.92 Å². The topological polar surface area (TPSA) is 49.3 Å². The number of carboxylic acids is 1. The minimum absolute atomic E-state index is 0.269. The molecule has 2 atom stereocenters. The first-order valence-corrected chi connectivity index (χ1v) is 7.07. The summed E-state index contributed by atoms with van der Waals surface area (Å²) in [5.41, 5.74) is 0. The first-order chi connectivity index (χ1) is 8.09. The Balaban J connectivity index is 2.26. The Morgan fingerprint density at radius 2 is 1.82 bits per heavy atom. The molecule has 1 rings (SSSR count). The van der Waals surface area contributed by atoms with Crippen LogP contribution in [0.25, 0.3) is 0 Å². The molecule has 1 unspecified atom stereocenters. The summed E-state index contributed by atoms with van der Waals surface area (Å²) in [5, 5.41) is 12.2. The maximum atomic E-state index is 10.5. The molecule has 3 heteroatoms. The number of hydrogen-bond acceptors (Lipinski definition) is 2.